The molecule has 2 aromatic rings. The quantitative estimate of drug-likeness (QED) is 0.758. The average molecular weight is 287 g/mol. The zero-order valence-corrected chi connectivity index (χ0v) is 13.2. The number of benzene rings is 1. The molecule has 0 aliphatic rings. The fourth-order valence-corrected chi connectivity index (χ4v) is 2.47. The maximum absolute atomic E-state index is 5.07. The summed E-state index contributed by atoms with van der Waals surface area (Å²) in [7, 11) is 1.73. The molecule has 2 rings (SSSR count). The number of ether oxygens (including phenoxy) is 1. The van der Waals surface area contributed by atoms with Crippen LogP contribution in [0, 0.1) is 6.92 Å². The fraction of sp³-hybridized carbons (Fsp3) is 0.471. The maximum atomic E-state index is 5.07. The third-order valence-corrected chi connectivity index (χ3v) is 3.55. The molecule has 4 nitrogen and oxygen atoms in total. The summed E-state index contributed by atoms with van der Waals surface area (Å²) in [6.07, 6.45) is 4.14. The molecule has 0 aliphatic heterocycles. The van der Waals surface area contributed by atoms with Crippen LogP contribution in [0.15, 0.2) is 30.5 Å². The molecule has 1 heterocycles. The number of aryl methyl sites for hydroxylation is 2. The number of hydrogen-bond donors (Lipinski definition) is 1. The second-order valence-corrected chi connectivity index (χ2v) is 5.23. The van der Waals surface area contributed by atoms with E-state index in [2.05, 4.69) is 52.3 Å². The number of nitrogens with zero attached hydrogens (tertiary/aromatic N) is 2. The van der Waals surface area contributed by atoms with E-state index in [1.54, 1.807) is 7.11 Å². The molecule has 21 heavy (non-hydrogen) atoms. The molecule has 0 radical (unpaired) electrons. The number of anilines is 1. The van der Waals surface area contributed by atoms with Crippen molar-refractivity contribution in [2.75, 3.05) is 25.6 Å². The van der Waals surface area contributed by atoms with E-state index in [4.69, 9.17) is 4.74 Å². The summed E-state index contributed by atoms with van der Waals surface area (Å²) in [5, 5.41) is 3.40. The van der Waals surface area contributed by atoms with Crippen molar-refractivity contribution >= 4 is 5.95 Å². The highest BCUT2D eigenvalue weighted by molar-refractivity contribution is 5.33. The highest BCUT2D eigenvalue weighted by Crippen LogP contribution is 2.15. The van der Waals surface area contributed by atoms with Crippen molar-refractivity contribution in [1.82, 2.24) is 9.55 Å². The van der Waals surface area contributed by atoms with Gasteiger partial charge in [-0.3, -0.25) is 0 Å². The molecule has 4 heteroatoms. The number of rotatable bonds is 8. The lowest BCUT2D eigenvalue weighted by Gasteiger charge is -2.12. The Bertz CT molecular complexity index is 563. The van der Waals surface area contributed by atoms with Gasteiger partial charge in [0.05, 0.1) is 12.2 Å². The van der Waals surface area contributed by atoms with E-state index in [9.17, 15) is 0 Å². The molecule has 0 atom stereocenters. The zero-order valence-electron chi connectivity index (χ0n) is 13.2. The van der Waals surface area contributed by atoms with Gasteiger partial charge in [-0.2, -0.15) is 0 Å². The molecule has 0 aliphatic carbocycles. The number of imidazole rings is 1. The third-order valence-electron chi connectivity index (χ3n) is 3.55. The van der Waals surface area contributed by atoms with Gasteiger partial charge in [-0.25, -0.2) is 4.98 Å². The second-order valence-electron chi connectivity index (χ2n) is 5.23. The maximum Gasteiger partial charge on any atom is 0.203 e. The van der Waals surface area contributed by atoms with Gasteiger partial charge in [0.1, 0.15) is 0 Å². The Balaban J connectivity index is 2.08. The molecule has 1 aromatic heterocycles. The van der Waals surface area contributed by atoms with Gasteiger partial charge in [0.2, 0.25) is 5.95 Å². The van der Waals surface area contributed by atoms with Crippen LogP contribution in [0.5, 0.6) is 0 Å². The van der Waals surface area contributed by atoms with E-state index in [1.807, 2.05) is 6.92 Å². The van der Waals surface area contributed by atoms with Crippen molar-refractivity contribution in [2.45, 2.75) is 33.2 Å². The molecular formula is C17H25N3O. The largest absolute Gasteiger partial charge is 0.385 e. The minimum atomic E-state index is 0.769. The van der Waals surface area contributed by atoms with Gasteiger partial charge < -0.3 is 14.6 Å². The lowest BCUT2D eigenvalue weighted by Crippen LogP contribution is -2.11. The number of aromatic nitrogens is 2. The van der Waals surface area contributed by atoms with Gasteiger partial charge in [-0.1, -0.05) is 31.2 Å². The molecule has 0 amide bonds. The summed E-state index contributed by atoms with van der Waals surface area (Å²) in [5.74, 6) is 0.939. The SMILES string of the molecule is CCc1ccccc1Cn1cc(C)nc1NCCCOC. The topological polar surface area (TPSA) is 39.1 Å². The molecule has 114 valence electrons. The molecule has 0 saturated carbocycles. The zero-order chi connectivity index (χ0) is 15.1. The van der Waals surface area contributed by atoms with Gasteiger partial charge in [-0.15, -0.1) is 0 Å². The van der Waals surface area contributed by atoms with Gasteiger partial charge >= 0.3 is 0 Å². The van der Waals surface area contributed by atoms with Crippen LogP contribution in [-0.4, -0.2) is 29.8 Å². The van der Waals surface area contributed by atoms with Crippen LogP contribution in [0.1, 0.15) is 30.2 Å². The van der Waals surface area contributed by atoms with Crippen LogP contribution >= 0.6 is 0 Å². The molecular weight excluding hydrogens is 262 g/mol. The summed E-state index contributed by atoms with van der Waals surface area (Å²) in [6.45, 7) is 6.73. The number of methoxy groups -OCH3 is 1. The van der Waals surface area contributed by atoms with Gasteiger partial charge in [0, 0.05) is 26.5 Å². The molecule has 0 bridgehead atoms. The lowest BCUT2D eigenvalue weighted by atomic mass is 10.1. The van der Waals surface area contributed by atoms with Gasteiger partial charge in [0.25, 0.3) is 0 Å². The summed E-state index contributed by atoms with van der Waals surface area (Å²) in [5.41, 5.74) is 3.80. The predicted molar refractivity (Wildman–Crippen MR) is 86.9 cm³/mol. The Kier molecular flexibility index (Phi) is 5.81. The first-order valence-electron chi connectivity index (χ1n) is 7.58. The van der Waals surface area contributed by atoms with E-state index in [-0.39, 0.29) is 0 Å². The smallest absolute Gasteiger partial charge is 0.203 e. The first-order valence-corrected chi connectivity index (χ1v) is 7.58. The first-order chi connectivity index (χ1) is 10.2. The number of hydrogen-bond acceptors (Lipinski definition) is 3. The van der Waals surface area contributed by atoms with Gasteiger partial charge in [-0.05, 0) is 30.9 Å². The second kappa shape index (κ2) is 7.84. The Morgan fingerprint density at radius 1 is 1.24 bits per heavy atom. The van der Waals surface area contributed by atoms with E-state index in [1.165, 1.54) is 11.1 Å². The van der Waals surface area contributed by atoms with E-state index >= 15 is 0 Å². The van der Waals surface area contributed by atoms with Crippen molar-refractivity contribution in [3.8, 4) is 0 Å². The molecule has 0 unspecified atom stereocenters. The van der Waals surface area contributed by atoms with Crippen LogP contribution in [0.2, 0.25) is 0 Å². The van der Waals surface area contributed by atoms with Crippen LogP contribution in [-0.2, 0) is 17.7 Å². The Morgan fingerprint density at radius 2 is 2.00 bits per heavy atom. The molecule has 1 N–H and O–H groups in total. The predicted octanol–water partition coefficient (Wildman–Crippen LogP) is 3.25. The first kappa shape index (κ1) is 15.6. The molecule has 0 spiro atoms. The van der Waals surface area contributed by atoms with Crippen molar-refractivity contribution in [3.05, 3.63) is 47.3 Å². The lowest BCUT2D eigenvalue weighted by molar-refractivity contribution is 0.197. The monoisotopic (exact) mass is 287 g/mol. The van der Waals surface area contributed by atoms with Crippen molar-refractivity contribution in [3.63, 3.8) is 0 Å². The van der Waals surface area contributed by atoms with Crippen molar-refractivity contribution in [2.24, 2.45) is 0 Å². The molecule has 0 saturated heterocycles. The Hall–Kier alpha value is -1.81. The molecule has 0 fully saturated rings. The minimum Gasteiger partial charge on any atom is -0.385 e. The van der Waals surface area contributed by atoms with E-state index in [0.29, 0.717) is 0 Å². The summed E-state index contributed by atoms with van der Waals surface area (Å²) < 4.78 is 7.27. The highest BCUT2D eigenvalue weighted by atomic mass is 16.5. The van der Waals surface area contributed by atoms with Crippen LogP contribution in [0.4, 0.5) is 5.95 Å². The van der Waals surface area contributed by atoms with Crippen molar-refractivity contribution < 1.29 is 4.74 Å². The minimum absolute atomic E-state index is 0.769. The normalized spacial score (nSPS) is 10.8. The van der Waals surface area contributed by atoms with E-state index in [0.717, 1.165) is 44.2 Å². The number of nitrogens with one attached hydrogen (secondary N) is 1. The summed E-state index contributed by atoms with van der Waals surface area (Å²) in [4.78, 5) is 4.57. The van der Waals surface area contributed by atoms with Crippen molar-refractivity contribution in [1.29, 1.82) is 0 Å². The fourth-order valence-electron chi connectivity index (χ4n) is 2.47. The van der Waals surface area contributed by atoms with Crippen LogP contribution < -0.4 is 5.32 Å². The third kappa shape index (κ3) is 4.33. The Labute approximate surface area is 127 Å². The summed E-state index contributed by atoms with van der Waals surface area (Å²) in [6, 6.07) is 8.60. The van der Waals surface area contributed by atoms with Crippen LogP contribution in [0.25, 0.3) is 0 Å². The van der Waals surface area contributed by atoms with Crippen LogP contribution in [0.3, 0.4) is 0 Å². The summed E-state index contributed by atoms with van der Waals surface area (Å²) >= 11 is 0. The highest BCUT2D eigenvalue weighted by Gasteiger charge is 2.07. The van der Waals surface area contributed by atoms with Gasteiger partial charge in [0.15, 0.2) is 0 Å². The molecule has 1 aromatic carbocycles. The van der Waals surface area contributed by atoms with E-state index < -0.39 is 0 Å². The standard InChI is InChI=1S/C17H25N3O/c1-4-15-8-5-6-9-16(15)13-20-12-14(2)19-17(20)18-10-7-11-21-3/h5-6,8-9,12H,4,7,10-11,13H2,1-3H3,(H,18,19). The average Bonchev–Trinajstić information content (AvgIpc) is 2.84. The Morgan fingerprint density at radius 3 is 2.71 bits per heavy atom.